The minimum atomic E-state index is 0.229. The second kappa shape index (κ2) is 4.72. The molecular formula is C12H22N2O2. The zero-order valence-corrected chi connectivity index (χ0v) is 10.3. The molecule has 2 fully saturated rings. The highest BCUT2D eigenvalue weighted by molar-refractivity contribution is 5.78. The summed E-state index contributed by atoms with van der Waals surface area (Å²) in [4.78, 5) is 13.9. The molecule has 4 heteroatoms. The van der Waals surface area contributed by atoms with E-state index in [4.69, 9.17) is 4.74 Å². The summed E-state index contributed by atoms with van der Waals surface area (Å²) in [6.07, 6.45) is 3.77. The molecule has 1 N–H and O–H groups in total. The van der Waals surface area contributed by atoms with Crippen LogP contribution in [-0.2, 0) is 9.53 Å². The van der Waals surface area contributed by atoms with Gasteiger partial charge in [0.15, 0.2) is 0 Å². The van der Waals surface area contributed by atoms with E-state index in [9.17, 15) is 4.79 Å². The highest BCUT2D eigenvalue weighted by atomic mass is 16.5. The summed E-state index contributed by atoms with van der Waals surface area (Å²) in [7, 11) is 3.59. The molecule has 0 aromatic carbocycles. The number of methoxy groups -OCH3 is 1. The number of rotatable bonds is 4. The van der Waals surface area contributed by atoms with Gasteiger partial charge in [-0.3, -0.25) is 4.79 Å². The molecule has 1 aliphatic carbocycles. The van der Waals surface area contributed by atoms with Crippen molar-refractivity contribution in [2.24, 2.45) is 11.3 Å². The standard InChI is InChI=1S/C12H22N2O2/c1-13-6-11(15)14-7-10-4-3-5-12(10,8-14)9-16-2/h10,13H,3-9H2,1-2H3/t10-,12+/m1/s1. The lowest BCUT2D eigenvalue weighted by Gasteiger charge is -2.27. The Labute approximate surface area is 97.3 Å². The van der Waals surface area contributed by atoms with Crippen LogP contribution in [0.2, 0.25) is 0 Å². The second-order valence-corrected chi connectivity index (χ2v) is 5.19. The maximum Gasteiger partial charge on any atom is 0.236 e. The van der Waals surface area contributed by atoms with Crippen LogP contribution in [0.25, 0.3) is 0 Å². The van der Waals surface area contributed by atoms with Gasteiger partial charge < -0.3 is 15.0 Å². The van der Waals surface area contributed by atoms with Crippen LogP contribution in [0.3, 0.4) is 0 Å². The van der Waals surface area contributed by atoms with Gasteiger partial charge in [0, 0.05) is 25.6 Å². The van der Waals surface area contributed by atoms with Gasteiger partial charge in [0.1, 0.15) is 0 Å². The molecule has 0 bridgehead atoms. The average Bonchev–Trinajstić information content (AvgIpc) is 2.74. The summed E-state index contributed by atoms with van der Waals surface area (Å²) >= 11 is 0. The van der Waals surface area contributed by atoms with Crippen LogP contribution in [-0.4, -0.2) is 51.2 Å². The van der Waals surface area contributed by atoms with E-state index < -0.39 is 0 Å². The molecule has 1 saturated carbocycles. The van der Waals surface area contributed by atoms with Crippen LogP contribution in [0.1, 0.15) is 19.3 Å². The minimum absolute atomic E-state index is 0.229. The van der Waals surface area contributed by atoms with Gasteiger partial charge in [-0.05, 0) is 25.8 Å². The monoisotopic (exact) mass is 226 g/mol. The lowest BCUT2D eigenvalue weighted by Crippen LogP contribution is -2.38. The van der Waals surface area contributed by atoms with Crippen LogP contribution < -0.4 is 5.32 Å². The first kappa shape index (κ1) is 11.9. The summed E-state index contributed by atoms with van der Waals surface area (Å²) in [5.41, 5.74) is 0.262. The number of nitrogens with zero attached hydrogens (tertiary/aromatic N) is 1. The molecule has 0 unspecified atom stereocenters. The number of fused-ring (bicyclic) bond motifs is 1. The first-order valence-electron chi connectivity index (χ1n) is 6.13. The topological polar surface area (TPSA) is 41.6 Å². The first-order chi connectivity index (χ1) is 7.72. The summed E-state index contributed by atoms with van der Waals surface area (Å²) in [5.74, 6) is 0.889. The second-order valence-electron chi connectivity index (χ2n) is 5.19. The Hall–Kier alpha value is -0.610. The van der Waals surface area contributed by atoms with E-state index in [-0.39, 0.29) is 11.3 Å². The molecule has 1 amide bonds. The Morgan fingerprint density at radius 3 is 3.12 bits per heavy atom. The summed E-state index contributed by atoms with van der Waals surface area (Å²) in [6.45, 7) is 3.09. The van der Waals surface area contributed by atoms with E-state index in [2.05, 4.69) is 5.32 Å². The van der Waals surface area contributed by atoms with E-state index in [0.29, 0.717) is 12.5 Å². The Balaban J connectivity index is 2.01. The molecule has 1 aliphatic heterocycles. The maximum atomic E-state index is 11.8. The van der Waals surface area contributed by atoms with Crippen molar-refractivity contribution in [3.8, 4) is 0 Å². The number of likely N-dealkylation sites (tertiary alicyclic amines) is 1. The highest BCUT2D eigenvalue weighted by Gasteiger charge is 2.50. The van der Waals surface area contributed by atoms with Crippen LogP contribution in [0.5, 0.6) is 0 Å². The number of hydrogen-bond acceptors (Lipinski definition) is 3. The van der Waals surface area contributed by atoms with Gasteiger partial charge in [-0.2, -0.15) is 0 Å². The molecule has 1 heterocycles. The zero-order chi connectivity index (χ0) is 11.6. The predicted molar refractivity (Wildman–Crippen MR) is 62.2 cm³/mol. The SMILES string of the molecule is CNCC(=O)N1C[C@H]2CCC[C@@]2(COC)C1. The van der Waals surface area contributed by atoms with Crippen LogP contribution in [0, 0.1) is 11.3 Å². The van der Waals surface area contributed by atoms with Crippen LogP contribution >= 0.6 is 0 Å². The first-order valence-corrected chi connectivity index (χ1v) is 6.13. The van der Waals surface area contributed by atoms with Crippen molar-refractivity contribution in [3.05, 3.63) is 0 Å². The Bertz CT molecular complexity index is 270. The van der Waals surface area contributed by atoms with Gasteiger partial charge in [-0.15, -0.1) is 0 Å². The number of ether oxygens (including phenoxy) is 1. The smallest absolute Gasteiger partial charge is 0.236 e. The summed E-state index contributed by atoms with van der Waals surface area (Å²) < 4.78 is 5.36. The third-order valence-electron chi connectivity index (χ3n) is 4.15. The molecule has 4 nitrogen and oxygen atoms in total. The lowest BCUT2D eigenvalue weighted by molar-refractivity contribution is -0.129. The normalized spacial score (nSPS) is 33.1. The fraction of sp³-hybridized carbons (Fsp3) is 0.917. The molecule has 92 valence electrons. The van der Waals surface area contributed by atoms with E-state index in [1.54, 1.807) is 7.11 Å². The van der Waals surface area contributed by atoms with Crippen molar-refractivity contribution in [1.29, 1.82) is 0 Å². The summed E-state index contributed by atoms with van der Waals surface area (Å²) in [5, 5.41) is 2.93. The Morgan fingerprint density at radius 1 is 1.62 bits per heavy atom. The van der Waals surface area contributed by atoms with Gasteiger partial charge in [0.2, 0.25) is 5.91 Å². The van der Waals surface area contributed by atoms with Crippen LogP contribution in [0.15, 0.2) is 0 Å². The molecule has 16 heavy (non-hydrogen) atoms. The average molecular weight is 226 g/mol. The number of carbonyl (C=O) groups excluding carboxylic acids is 1. The van der Waals surface area contributed by atoms with Crippen molar-refractivity contribution in [2.45, 2.75) is 19.3 Å². The molecule has 0 aromatic rings. The van der Waals surface area contributed by atoms with Gasteiger partial charge in [0.25, 0.3) is 0 Å². The van der Waals surface area contributed by atoms with Crippen LogP contribution in [0.4, 0.5) is 0 Å². The zero-order valence-electron chi connectivity index (χ0n) is 10.3. The Kier molecular flexibility index (Phi) is 3.50. The molecule has 2 atom stereocenters. The largest absolute Gasteiger partial charge is 0.384 e. The van der Waals surface area contributed by atoms with Crippen molar-refractivity contribution < 1.29 is 9.53 Å². The van der Waals surface area contributed by atoms with E-state index >= 15 is 0 Å². The van der Waals surface area contributed by atoms with Crippen molar-refractivity contribution in [3.63, 3.8) is 0 Å². The highest BCUT2D eigenvalue weighted by Crippen LogP contribution is 2.48. The maximum absolute atomic E-state index is 11.8. The fourth-order valence-electron chi connectivity index (χ4n) is 3.39. The number of amides is 1. The molecule has 2 aliphatic rings. The number of hydrogen-bond donors (Lipinski definition) is 1. The summed E-state index contributed by atoms with van der Waals surface area (Å²) in [6, 6.07) is 0. The van der Waals surface area contributed by atoms with Crippen molar-refractivity contribution >= 4 is 5.91 Å². The lowest BCUT2D eigenvalue weighted by atomic mass is 9.82. The molecule has 2 rings (SSSR count). The third kappa shape index (κ3) is 1.96. The molecule has 0 aromatic heterocycles. The van der Waals surface area contributed by atoms with Gasteiger partial charge >= 0.3 is 0 Å². The van der Waals surface area contributed by atoms with Gasteiger partial charge in [-0.25, -0.2) is 0 Å². The molecule has 0 spiro atoms. The predicted octanol–water partition coefficient (Wildman–Crippen LogP) is 0.481. The fourth-order valence-corrected chi connectivity index (χ4v) is 3.39. The van der Waals surface area contributed by atoms with E-state index in [0.717, 1.165) is 19.7 Å². The molecular weight excluding hydrogens is 204 g/mol. The molecule has 0 radical (unpaired) electrons. The van der Waals surface area contributed by atoms with E-state index in [1.165, 1.54) is 19.3 Å². The quantitative estimate of drug-likeness (QED) is 0.758. The van der Waals surface area contributed by atoms with Gasteiger partial charge in [0.05, 0.1) is 13.2 Å². The minimum Gasteiger partial charge on any atom is -0.384 e. The number of nitrogens with one attached hydrogen (secondary N) is 1. The third-order valence-corrected chi connectivity index (χ3v) is 4.15. The molecule has 1 saturated heterocycles. The van der Waals surface area contributed by atoms with Crippen molar-refractivity contribution in [2.75, 3.05) is 40.4 Å². The van der Waals surface area contributed by atoms with Crippen molar-refractivity contribution in [1.82, 2.24) is 10.2 Å². The Morgan fingerprint density at radius 2 is 2.44 bits per heavy atom. The number of likely N-dealkylation sites (N-methyl/N-ethyl adjacent to an activating group) is 1. The van der Waals surface area contributed by atoms with E-state index in [1.807, 2.05) is 11.9 Å². The van der Waals surface area contributed by atoms with Gasteiger partial charge in [-0.1, -0.05) is 6.42 Å². The number of carbonyl (C=O) groups is 1.